The molecule has 170 valence electrons. The third-order valence-electron chi connectivity index (χ3n) is 4.64. The molecule has 0 aliphatic carbocycles. The Hall–Kier alpha value is -1.62. The molecule has 4 heterocycles. The second kappa shape index (κ2) is 10.8. The monoisotopic (exact) mass is 538 g/mol. The quantitative estimate of drug-likeness (QED) is 0.147. The summed E-state index contributed by atoms with van der Waals surface area (Å²) in [5.74, 6) is -1.63. The van der Waals surface area contributed by atoms with E-state index in [-0.39, 0.29) is 47.4 Å². The number of β-lactam (4-membered cyclic amide) rings is 1. The van der Waals surface area contributed by atoms with Gasteiger partial charge < -0.3 is 17.6 Å². The molecule has 12 nitrogen and oxygen atoms in total. The molecule has 0 bridgehead atoms. The number of tetrazole rings is 1. The summed E-state index contributed by atoms with van der Waals surface area (Å²) in [5.41, 5.74) is 7.53. The molecule has 2 aromatic rings. The Kier molecular flexibility index (Phi) is 8.47. The Bertz CT molecular complexity index is 1170. The van der Waals surface area contributed by atoms with E-state index in [1.54, 1.807) is 12.4 Å². The molecule has 4 rings (SSSR count). The number of carbonyl (C=O) groups excluding carboxylic acids is 2. The van der Waals surface area contributed by atoms with Crippen molar-refractivity contribution in [1.82, 2.24) is 35.4 Å². The van der Waals surface area contributed by atoms with Crippen molar-refractivity contribution in [2.75, 3.05) is 17.2 Å². The summed E-state index contributed by atoms with van der Waals surface area (Å²) < 4.78 is 1.47. The number of nitrogens with zero attached hydrogens (tertiary/aromatic N) is 6. The second-order valence-corrected chi connectivity index (χ2v) is 9.74. The predicted molar refractivity (Wildman–Crippen MR) is 121 cm³/mol. The number of amides is 2. The first-order valence-corrected chi connectivity index (χ1v) is 12.2. The molecule has 0 spiro atoms. The fourth-order valence-corrected chi connectivity index (χ4v) is 6.25. The zero-order chi connectivity index (χ0) is 23.0. The van der Waals surface area contributed by atoms with Crippen molar-refractivity contribution in [3.8, 4) is 0 Å². The molecule has 0 saturated carbocycles. The number of carboxylic acids is 1. The van der Waals surface area contributed by atoms with Gasteiger partial charge in [0.05, 0.1) is 11.3 Å². The van der Waals surface area contributed by atoms with E-state index in [0.717, 1.165) is 16.9 Å². The van der Waals surface area contributed by atoms with Crippen molar-refractivity contribution in [2.45, 2.75) is 16.6 Å². The number of anilines is 1. The molecule has 4 N–H and O–H groups in total. The van der Waals surface area contributed by atoms with E-state index >= 15 is 0 Å². The standard InChI is InChI=1S/C16H15ClN8O4S3.Na.H/c1-24-16(21-22-23-24)32-4-6-3-30-13-9(12(27)25(13)10(6)14(28)29)20-11(26)7(2-17)8-5-31-15(18)19-8;;/h2,5,9,13H,3-4H2,1H3,(H2,18,19)(H,20,26)(H,28,29);;/q;+1;-1/b7-2+;;/t9?,13-;;/m1../s1. The van der Waals surface area contributed by atoms with Gasteiger partial charge in [-0.15, -0.1) is 28.2 Å². The van der Waals surface area contributed by atoms with E-state index in [0.29, 0.717) is 27.9 Å². The first-order chi connectivity index (χ1) is 15.3. The number of aryl methyl sites for hydroxylation is 1. The smallest absolute Gasteiger partial charge is 1.00 e. The minimum absolute atomic E-state index is 0. The molecule has 2 amide bonds. The number of rotatable bonds is 7. The van der Waals surface area contributed by atoms with Crippen molar-refractivity contribution >= 4 is 74.9 Å². The van der Waals surface area contributed by atoms with E-state index < -0.39 is 29.2 Å². The summed E-state index contributed by atoms with van der Waals surface area (Å²) in [6.07, 6.45) is 0. The Balaban J connectivity index is 0.00000204. The third-order valence-corrected chi connectivity index (χ3v) is 7.97. The minimum atomic E-state index is -1.21. The number of nitrogen functional groups attached to an aromatic ring is 1. The first kappa shape index (κ1) is 26.0. The Morgan fingerprint density at radius 3 is 2.85 bits per heavy atom. The van der Waals surface area contributed by atoms with Gasteiger partial charge in [0, 0.05) is 29.5 Å². The van der Waals surface area contributed by atoms with Crippen molar-refractivity contribution in [3.63, 3.8) is 0 Å². The summed E-state index contributed by atoms with van der Waals surface area (Å²) in [4.78, 5) is 42.7. The summed E-state index contributed by atoms with van der Waals surface area (Å²) in [6.45, 7) is 0. The Morgan fingerprint density at radius 2 is 2.27 bits per heavy atom. The fourth-order valence-electron chi connectivity index (χ4n) is 3.14. The van der Waals surface area contributed by atoms with E-state index in [1.165, 1.54) is 33.1 Å². The van der Waals surface area contributed by atoms with Crippen LogP contribution in [-0.4, -0.2) is 75.9 Å². The third kappa shape index (κ3) is 5.08. The summed E-state index contributed by atoms with van der Waals surface area (Å²) in [7, 11) is 1.68. The van der Waals surface area contributed by atoms with Gasteiger partial charge in [-0.2, -0.15) is 0 Å². The Labute approximate surface area is 228 Å². The van der Waals surface area contributed by atoms with Crippen LogP contribution in [0.4, 0.5) is 5.13 Å². The molecule has 2 atom stereocenters. The average Bonchev–Trinajstić information content (AvgIpc) is 3.37. The number of hydrogen-bond donors (Lipinski definition) is 3. The van der Waals surface area contributed by atoms with Crippen LogP contribution in [0.25, 0.3) is 5.57 Å². The summed E-state index contributed by atoms with van der Waals surface area (Å²) in [6, 6.07) is -0.887. The zero-order valence-electron chi connectivity index (χ0n) is 18.3. The molecular formula is C16H16ClN8NaO4S3. The van der Waals surface area contributed by atoms with Crippen LogP contribution in [0, 0.1) is 0 Å². The maximum Gasteiger partial charge on any atom is 1.00 e. The molecular weight excluding hydrogens is 523 g/mol. The number of carboxylic acid groups (broad SMARTS) is 1. The SMILES string of the molecule is Cn1nnnc1SCC1=C(C(=O)O)N2C(=O)C(NC(=O)/C(=C/Cl)c3csc(N)n3)[C@H]2SC1.[H-].[Na+]. The van der Waals surface area contributed by atoms with Crippen molar-refractivity contribution < 1.29 is 50.5 Å². The molecule has 0 aromatic carbocycles. The molecule has 33 heavy (non-hydrogen) atoms. The zero-order valence-corrected chi connectivity index (χ0v) is 22.5. The maximum atomic E-state index is 12.8. The first-order valence-electron chi connectivity index (χ1n) is 8.89. The molecule has 2 aliphatic heterocycles. The number of thiazole rings is 1. The molecule has 0 radical (unpaired) electrons. The van der Waals surface area contributed by atoms with Crippen LogP contribution in [0.15, 0.2) is 27.3 Å². The number of nitrogens with two attached hydrogens (primary N) is 1. The van der Waals surface area contributed by atoms with E-state index in [2.05, 4.69) is 25.8 Å². The predicted octanol–water partition coefficient (Wildman–Crippen LogP) is -2.52. The second-order valence-electron chi connectivity index (χ2n) is 6.59. The average molecular weight is 539 g/mol. The van der Waals surface area contributed by atoms with Crippen molar-refractivity contribution in [2.24, 2.45) is 7.05 Å². The Morgan fingerprint density at radius 1 is 1.52 bits per heavy atom. The maximum absolute atomic E-state index is 12.8. The van der Waals surface area contributed by atoms with Gasteiger partial charge in [-0.25, -0.2) is 14.5 Å². The van der Waals surface area contributed by atoms with E-state index in [4.69, 9.17) is 17.3 Å². The molecule has 1 unspecified atom stereocenters. The number of carbonyl (C=O) groups is 3. The number of thioether (sulfide) groups is 2. The van der Waals surface area contributed by atoms with Gasteiger partial charge >= 0.3 is 35.5 Å². The minimum Gasteiger partial charge on any atom is -1.00 e. The van der Waals surface area contributed by atoms with E-state index in [9.17, 15) is 19.5 Å². The number of halogens is 1. The van der Waals surface area contributed by atoms with Crippen LogP contribution < -0.4 is 40.6 Å². The number of hydrogen-bond acceptors (Lipinski definition) is 11. The summed E-state index contributed by atoms with van der Waals surface area (Å²) in [5, 5.41) is 25.4. The molecule has 17 heteroatoms. The van der Waals surface area contributed by atoms with Gasteiger partial charge in [0.15, 0.2) is 5.13 Å². The van der Waals surface area contributed by atoms with Crippen LogP contribution in [0.2, 0.25) is 0 Å². The van der Waals surface area contributed by atoms with Crippen LogP contribution in [0.3, 0.4) is 0 Å². The van der Waals surface area contributed by atoms with Crippen LogP contribution in [0.1, 0.15) is 7.12 Å². The largest absolute Gasteiger partial charge is 1.00 e. The van der Waals surface area contributed by atoms with Gasteiger partial charge in [0.1, 0.15) is 17.1 Å². The molecule has 2 aromatic heterocycles. The number of fused-ring (bicyclic) bond motifs is 1. The van der Waals surface area contributed by atoms with Gasteiger partial charge in [0.25, 0.3) is 11.8 Å². The number of aromatic nitrogens is 5. The number of aliphatic carboxylic acids is 1. The summed E-state index contributed by atoms with van der Waals surface area (Å²) >= 11 is 9.59. The normalized spacial score (nSPS) is 20.1. The van der Waals surface area contributed by atoms with Gasteiger partial charge in [-0.05, 0) is 16.0 Å². The van der Waals surface area contributed by atoms with Gasteiger partial charge in [-0.1, -0.05) is 23.4 Å². The molecule has 2 aliphatic rings. The van der Waals surface area contributed by atoms with Crippen molar-refractivity contribution in [3.05, 3.63) is 27.9 Å². The van der Waals surface area contributed by atoms with Crippen LogP contribution >= 0.6 is 46.5 Å². The van der Waals surface area contributed by atoms with Gasteiger partial charge in [-0.3, -0.25) is 14.5 Å². The fraction of sp³-hybridized carbons (Fsp3) is 0.312. The van der Waals surface area contributed by atoms with Crippen molar-refractivity contribution in [1.29, 1.82) is 0 Å². The van der Waals surface area contributed by atoms with E-state index in [1.807, 2.05) is 0 Å². The molecule has 1 fully saturated rings. The van der Waals surface area contributed by atoms with Gasteiger partial charge in [0.2, 0.25) is 5.16 Å². The van der Waals surface area contributed by atoms with Crippen LogP contribution in [0.5, 0.6) is 0 Å². The molecule has 1 saturated heterocycles. The van der Waals surface area contributed by atoms with Crippen LogP contribution in [-0.2, 0) is 21.4 Å². The topological polar surface area (TPSA) is 169 Å². The number of nitrogens with one attached hydrogen (secondary N) is 1.